The first-order valence-electron chi connectivity index (χ1n) is 8.51. The van der Waals surface area contributed by atoms with Crippen LogP contribution in [-0.4, -0.2) is 52.1 Å². The second-order valence-corrected chi connectivity index (χ2v) is 6.24. The van der Waals surface area contributed by atoms with Crippen LogP contribution in [0.25, 0.3) is 10.9 Å². The second-order valence-electron chi connectivity index (χ2n) is 6.24. The molecule has 0 unspecified atom stereocenters. The lowest BCUT2D eigenvalue weighted by molar-refractivity contribution is 0.0766. The number of H-pyrrole nitrogens is 1. The van der Waals surface area contributed by atoms with Gasteiger partial charge < -0.3 is 19.4 Å². The van der Waals surface area contributed by atoms with E-state index in [2.05, 4.69) is 15.0 Å². The fourth-order valence-electron chi connectivity index (χ4n) is 3.17. The van der Waals surface area contributed by atoms with Crippen molar-refractivity contribution in [3.63, 3.8) is 0 Å². The van der Waals surface area contributed by atoms with Crippen molar-refractivity contribution in [2.45, 2.75) is 12.5 Å². The van der Waals surface area contributed by atoms with Gasteiger partial charge in [0.2, 0.25) is 5.69 Å². The molecule has 1 atom stereocenters. The van der Waals surface area contributed by atoms with Crippen LogP contribution in [0.5, 0.6) is 11.6 Å². The summed E-state index contributed by atoms with van der Waals surface area (Å²) < 4.78 is 11.0. The summed E-state index contributed by atoms with van der Waals surface area (Å²) in [6, 6.07) is 9.43. The normalized spacial score (nSPS) is 16.3. The van der Waals surface area contributed by atoms with Crippen LogP contribution in [0.3, 0.4) is 0 Å². The topological polar surface area (TPSA) is 104 Å². The van der Waals surface area contributed by atoms with Crippen LogP contribution in [-0.2, 0) is 0 Å². The van der Waals surface area contributed by atoms with Gasteiger partial charge in [0.15, 0.2) is 0 Å². The van der Waals surface area contributed by atoms with E-state index in [0.717, 1.165) is 16.7 Å². The number of benzene rings is 1. The number of amides is 1. The molecule has 4 rings (SSSR count). The highest BCUT2D eigenvalue weighted by molar-refractivity contribution is 5.98. The number of aromatic amines is 1. The SMILES string of the molecule is COc1ccc2cc(C(=O)N3CC[C@@H](Oc4nccnc4C#N)C3)[nH]c2c1. The van der Waals surface area contributed by atoms with Gasteiger partial charge in [-0.2, -0.15) is 5.26 Å². The number of likely N-dealkylation sites (tertiary alicyclic amines) is 1. The maximum absolute atomic E-state index is 12.8. The van der Waals surface area contributed by atoms with Crippen molar-refractivity contribution >= 4 is 16.8 Å². The smallest absolute Gasteiger partial charge is 0.270 e. The molecule has 1 N–H and O–H groups in total. The van der Waals surface area contributed by atoms with Crippen molar-refractivity contribution in [2.24, 2.45) is 0 Å². The molecule has 0 spiro atoms. The van der Waals surface area contributed by atoms with E-state index in [-0.39, 0.29) is 23.6 Å². The highest BCUT2D eigenvalue weighted by Gasteiger charge is 2.30. The summed E-state index contributed by atoms with van der Waals surface area (Å²) in [5, 5.41) is 10.0. The molecular formula is C19H17N5O3. The summed E-state index contributed by atoms with van der Waals surface area (Å²) in [6.07, 6.45) is 3.37. The molecule has 27 heavy (non-hydrogen) atoms. The molecule has 0 bridgehead atoms. The van der Waals surface area contributed by atoms with Crippen LogP contribution in [0.1, 0.15) is 22.6 Å². The van der Waals surface area contributed by atoms with Crippen molar-refractivity contribution in [3.05, 3.63) is 48.0 Å². The number of aromatic nitrogens is 3. The minimum absolute atomic E-state index is 0.0871. The molecular weight excluding hydrogens is 346 g/mol. The third-order valence-electron chi connectivity index (χ3n) is 4.54. The highest BCUT2D eigenvalue weighted by Crippen LogP contribution is 2.24. The average Bonchev–Trinajstić information content (AvgIpc) is 3.34. The van der Waals surface area contributed by atoms with Crippen LogP contribution < -0.4 is 9.47 Å². The Labute approximate surface area is 155 Å². The Morgan fingerprint density at radius 2 is 2.19 bits per heavy atom. The maximum atomic E-state index is 12.8. The number of rotatable bonds is 4. The monoisotopic (exact) mass is 363 g/mol. The minimum atomic E-state index is -0.220. The lowest BCUT2D eigenvalue weighted by Crippen LogP contribution is -2.31. The predicted molar refractivity (Wildman–Crippen MR) is 96.5 cm³/mol. The molecule has 3 heterocycles. The predicted octanol–water partition coefficient (Wildman–Crippen LogP) is 2.13. The van der Waals surface area contributed by atoms with Crippen molar-refractivity contribution in [3.8, 4) is 17.7 Å². The number of hydrogen-bond acceptors (Lipinski definition) is 6. The third kappa shape index (κ3) is 3.27. The van der Waals surface area contributed by atoms with Gasteiger partial charge in [0.25, 0.3) is 11.8 Å². The van der Waals surface area contributed by atoms with Crippen molar-refractivity contribution < 1.29 is 14.3 Å². The van der Waals surface area contributed by atoms with E-state index in [0.29, 0.717) is 25.2 Å². The number of hydrogen-bond donors (Lipinski definition) is 1. The summed E-state index contributed by atoms with van der Waals surface area (Å²) in [4.78, 5) is 25.7. The molecule has 0 radical (unpaired) electrons. The number of nitriles is 1. The molecule has 1 aliphatic rings. The van der Waals surface area contributed by atoms with Crippen molar-refractivity contribution in [1.29, 1.82) is 5.26 Å². The first-order chi connectivity index (χ1) is 13.2. The Hall–Kier alpha value is -3.60. The zero-order valence-corrected chi connectivity index (χ0v) is 14.7. The molecule has 2 aromatic heterocycles. The van der Waals surface area contributed by atoms with Gasteiger partial charge in [-0.15, -0.1) is 0 Å². The van der Waals surface area contributed by atoms with Gasteiger partial charge in [0.05, 0.1) is 13.7 Å². The van der Waals surface area contributed by atoms with Gasteiger partial charge in [-0.05, 0) is 18.2 Å². The maximum Gasteiger partial charge on any atom is 0.270 e. The van der Waals surface area contributed by atoms with E-state index in [1.807, 2.05) is 30.3 Å². The van der Waals surface area contributed by atoms with E-state index in [9.17, 15) is 4.79 Å². The summed E-state index contributed by atoms with van der Waals surface area (Å²) in [5.74, 6) is 0.850. The number of carbonyl (C=O) groups excluding carboxylic acids is 1. The molecule has 0 saturated carbocycles. The number of ether oxygens (including phenoxy) is 2. The number of methoxy groups -OCH3 is 1. The summed E-state index contributed by atoms with van der Waals surface area (Å²) in [6.45, 7) is 1.00. The van der Waals surface area contributed by atoms with Crippen LogP contribution in [0.15, 0.2) is 36.7 Å². The van der Waals surface area contributed by atoms with Gasteiger partial charge in [0.1, 0.15) is 23.6 Å². The van der Waals surface area contributed by atoms with Gasteiger partial charge in [-0.3, -0.25) is 4.79 Å². The lowest BCUT2D eigenvalue weighted by Gasteiger charge is -2.16. The molecule has 1 amide bonds. The number of nitrogens with zero attached hydrogens (tertiary/aromatic N) is 4. The molecule has 1 aromatic carbocycles. The van der Waals surface area contributed by atoms with E-state index in [1.165, 1.54) is 12.4 Å². The average molecular weight is 363 g/mol. The Bertz CT molecular complexity index is 1040. The second kappa shape index (κ2) is 6.96. The Morgan fingerprint density at radius 1 is 1.33 bits per heavy atom. The zero-order chi connectivity index (χ0) is 18.8. The van der Waals surface area contributed by atoms with Gasteiger partial charge in [-0.25, -0.2) is 9.97 Å². The van der Waals surface area contributed by atoms with E-state index in [4.69, 9.17) is 14.7 Å². The number of fused-ring (bicyclic) bond motifs is 1. The van der Waals surface area contributed by atoms with Gasteiger partial charge in [0, 0.05) is 42.3 Å². The summed E-state index contributed by atoms with van der Waals surface area (Å²) in [5.41, 5.74) is 1.52. The van der Waals surface area contributed by atoms with Crippen LogP contribution in [0.4, 0.5) is 0 Å². The fraction of sp³-hybridized carbons (Fsp3) is 0.263. The molecule has 0 aliphatic carbocycles. The number of carbonyl (C=O) groups is 1. The van der Waals surface area contributed by atoms with Crippen LogP contribution in [0, 0.1) is 11.3 Å². The number of nitrogens with one attached hydrogen (secondary N) is 1. The first kappa shape index (κ1) is 16.8. The van der Waals surface area contributed by atoms with Gasteiger partial charge in [-0.1, -0.05) is 0 Å². The van der Waals surface area contributed by atoms with Gasteiger partial charge >= 0.3 is 0 Å². The largest absolute Gasteiger partial charge is 0.497 e. The van der Waals surface area contributed by atoms with Crippen LogP contribution in [0.2, 0.25) is 0 Å². The molecule has 136 valence electrons. The molecule has 8 heteroatoms. The Kier molecular flexibility index (Phi) is 4.34. The Balaban J connectivity index is 1.47. The molecule has 1 aliphatic heterocycles. The van der Waals surface area contributed by atoms with E-state index >= 15 is 0 Å². The minimum Gasteiger partial charge on any atom is -0.497 e. The standard InChI is InChI=1S/C19H17N5O3/c1-26-13-3-2-12-8-16(23-15(12)9-13)19(25)24-7-4-14(11-24)27-18-17(10-20)21-5-6-22-18/h2-3,5-6,8-9,14,23H,4,7,11H2,1H3/t14-/m1/s1. The first-order valence-corrected chi connectivity index (χ1v) is 8.51. The lowest BCUT2D eigenvalue weighted by atomic mass is 10.2. The summed E-state index contributed by atoms with van der Waals surface area (Å²) >= 11 is 0. The Morgan fingerprint density at radius 3 is 3.00 bits per heavy atom. The van der Waals surface area contributed by atoms with Crippen molar-refractivity contribution in [2.75, 3.05) is 20.2 Å². The quantitative estimate of drug-likeness (QED) is 0.761. The summed E-state index contributed by atoms with van der Waals surface area (Å²) in [7, 11) is 1.61. The van der Waals surface area contributed by atoms with Crippen molar-refractivity contribution in [1.82, 2.24) is 19.9 Å². The van der Waals surface area contributed by atoms with Crippen LogP contribution >= 0.6 is 0 Å². The van der Waals surface area contributed by atoms with E-state index in [1.54, 1.807) is 12.0 Å². The zero-order valence-electron chi connectivity index (χ0n) is 14.7. The highest BCUT2D eigenvalue weighted by atomic mass is 16.5. The molecule has 3 aromatic rings. The molecule has 1 fully saturated rings. The van der Waals surface area contributed by atoms with E-state index < -0.39 is 0 Å². The third-order valence-corrected chi connectivity index (χ3v) is 4.54. The molecule has 8 nitrogen and oxygen atoms in total. The molecule has 1 saturated heterocycles. The fourth-order valence-corrected chi connectivity index (χ4v) is 3.17.